The monoisotopic (exact) mass is 456 g/mol. The number of para-hydroxylation sites is 2. The summed E-state index contributed by atoms with van der Waals surface area (Å²) in [5.41, 5.74) is 1.94. The van der Waals surface area contributed by atoms with Gasteiger partial charge < -0.3 is 15.3 Å². The molecule has 0 aromatic heterocycles. The van der Waals surface area contributed by atoms with Gasteiger partial charge >= 0.3 is 5.97 Å². The Labute approximate surface area is 191 Å². The van der Waals surface area contributed by atoms with Gasteiger partial charge in [-0.3, -0.25) is 24.6 Å². The van der Waals surface area contributed by atoms with Crippen molar-refractivity contribution in [1.82, 2.24) is 10.4 Å². The highest BCUT2D eigenvalue weighted by Crippen LogP contribution is 2.21. The molecule has 33 heavy (non-hydrogen) atoms. The molecule has 4 N–H and O–H groups in total. The van der Waals surface area contributed by atoms with Gasteiger partial charge in [0.2, 0.25) is 5.91 Å². The van der Waals surface area contributed by atoms with E-state index < -0.39 is 23.7 Å². The fourth-order valence-corrected chi connectivity index (χ4v) is 3.19. The van der Waals surface area contributed by atoms with E-state index in [0.717, 1.165) is 25.7 Å². The zero-order valence-electron chi connectivity index (χ0n) is 18.2. The van der Waals surface area contributed by atoms with Crippen LogP contribution in [-0.2, 0) is 9.59 Å². The van der Waals surface area contributed by atoms with Crippen LogP contribution in [0.3, 0.4) is 0 Å². The van der Waals surface area contributed by atoms with E-state index in [0.29, 0.717) is 17.9 Å². The number of carbonyl (C=O) groups excluding carboxylic acids is 3. The number of phenols is 2. The molecule has 0 aliphatic rings. The number of nitrogens with zero attached hydrogens (tertiary/aromatic N) is 1. The minimum Gasteiger partial charge on any atom is -0.507 e. The molecule has 0 aliphatic heterocycles. The van der Waals surface area contributed by atoms with Gasteiger partial charge in [-0.1, -0.05) is 49.9 Å². The first-order chi connectivity index (χ1) is 15.8. The minimum atomic E-state index is -0.937. The summed E-state index contributed by atoms with van der Waals surface area (Å²) in [6.07, 6.45) is 4.59. The van der Waals surface area contributed by atoms with Gasteiger partial charge in [-0.15, -0.1) is 0 Å². The van der Waals surface area contributed by atoms with Gasteiger partial charge in [0.1, 0.15) is 11.5 Å². The average Bonchev–Trinajstić information content (AvgIpc) is 2.79. The largest absolute Gasteiger partial charge is 0.507 e. The minimum absolute atomic E-state index is 0.0632. The Kier molecular flexibility index (Phi) is 9.88. The molecule has 2 aromatic rings. The lowest BCUT2D eigenvalue weighted by atomic mass is 10.1. The lowest BCUT2D eigenvalue weighted by Crippen LogP contribution is -2.49. The van der Waals surface area contributed by atoms with Gasteiger partial charge in [0.05, 0.1) is 11.1 Å². The van der Waals surface area contributed by atoms with Crippen LogP contribution in [0.4, 0.5) is 0 Å². The third-order valence-electron chi connectivity index (χ3n) is 4.96. The number of carboxylic acid groups (broad SMARTS) is 1. The van der Waals surface area contributed by atoms with E-state index in [1.54, 1.807) is 0 Å². The topological polar surface area (TPSA) is 144 Å². The number of nitrogens with one attached hydrogen (secondary N) is 1. The summed E-state index contributed by atoms with van der Waals surface area (Å²) in [5, 5.41) is 29.1. The van der Waals surface area contributed by atoms with E-state index >= 15 is 0 Å². The van der Waals surface area contributed by atoms with Gasteiger partial charge in [-0.05, 0) is 37.1 Å². The Balaban J connectivity index is 1.99. The molecule has 0 spiro atoms. The van der Waals surface area contributed by atoms with E-state index in [-0.39, 0.29) is 35.5 Å². The molecule has 0 aliphatic carbocycles. The molecule has 2 aromatic carbocycles. The quantitative estimate of drug-likeness (QED) is 0.230. The van der Waals surface area contributed by atoms with E-state index in [2.05, 4.69) is 5.43 Å². The van der Waals surface area contributed by atoms with Crippen LogP contribution in [0, 0.1) is 0 Å². The summed E-state index contributed by atoms with van der Waals surface area (Å²) in [7, 11) is 0. The number of hydrogen-bond acceptors (Lipinski definition) is 6. The SMILES string of the molecule is O=C(O)CCCCCCCCC(=O)NN(C(=O)c1ccccc1O)C(=O)c1ccccc1O. The Hall–Kier alpha value is -3.88. The molecular weight excluding hydrogens is 428 g/mol. The molecule has 0 heterocycles. The highest BCUT2D eigenvalue weighted by atomic mass is 16.4. The predicted octanol–water partition coefficient (Wildman–Crippen LogP) is 3.62. The number of aromatic hydroxyl groups is 2. The highest BCUT2D eigenvalue weighted by molar-refractivity contribution is 6.12. The molecule has 0 radical (unpaired) electrons. The maximum Gasteiger partial charge on any atom is 0.303 e. The average molecular weight is 456 g/mol. The second-order valence-electron chi connectivity index (χ2n) is 7.53. The molecule has 0 bridgehead atoms. The number of amides is 3. The van der Waals surface area contributed by atoms with Crippen molar-refractivity contribution in [2.75, 3.05) is 0 Å². The highest BCUT2D eigenvalue weighted by Gasteiger charge is 2.29. The standard InChI is InChI=1S/C24H28N2O7/c27-19-13-9-7-11-17(19)23(32)26(24(33)18-12-8-10-14-20(18)28)25-21(29)15-5-3-1-2-4-6-16-22(30)31/h7-14,27-28H,1-6,15-16H2,(H,25,29)(H,30,31). The zero-order chi connectivity index (χ0) is 24.2. The van der Waals surface area contributed by atoms with Crippen molar-refractivity contribution in [3.63, 3.8) is 0 Å². The number of hydrazine groups is 1. The Morgan fingerprint density at radius 2 is 1.09 bits per heavy atom. The number of rotatable bonds is 11. The second kappa shape index (κ2) is 12.8. The molecule has 176 valence electrons. The van der Waals surface area contributed by atoms with Gasteiger partial charge in [0.15, 0.2) is 0 Å². The van der Waals surface area contributed by atoms with E-state index in [1.807, 2.05) is 0 Å². The summed E-state index contributed by atoms with van der Waals surface area (Å²) < 4.78 is 0. The molecule has 0 saturated heterocycles. The summed E-state index contributed by atoms with van der Waals surface area (Å²) in [4.78, 5) is 48.9. The van der Waals surface area contributed by atoms with Gasteiger partial charge in [0, 0.05) is 12.8 Å². The van der Waals surface area contributed by atoms with Crippen LogP contribution in [0.1, 0.15) is 72.1 Å². The summed E-state index contributed by atoms with van der Waals surface area (Å²) in [5.74, 6) is -3.95. The van der Waals surface area contributed by atoms with Crippen molar-refractivity contribution in [3.8, 4) is 11.5 Å². The first kappa shape index (κ1) is 25.4. The molecule has 0 atom stereocenters. The van der Waals surface area contributed by atoms with Crippen molar-refractivity contribution in [2.24, 2.45) is 0 Å². The van der Waals surface area contributed by atoms with Crippen LogP contribution in [0.5, 0.6) is 11.5 Å². The lowest BCUT2D eigenvalue weighted by Gasteiger charge is -2.22. The van der Waals surface area contributed by atoms with Crippen molar-refractivity contribution in [2.45, 2.75) is 51.4 Å². The third kappa shape index (κ3) is 7.95. The number of aliphatic carboxylic acids is 1. The maximum atomic E-state index is 13.0. The van der Waals surface area contributed by atoms with Crippen molar-refractivity contribution in [1.29, 1.82) is 0 Å². The third-order valence-corrected chi connectivity index (χ3v) is 4.96. The molecule has 3 amide bonds. The first-order valence-corrected chi connectivity index (χ1v) is 10.8. The smallest absolute Gasteiger partial charge is 0.303 e. The molecule has 9 nitrogen and oxygen atoms in total. The summed E-state index contributed by atoms with van der Waals surface area (Å²) in [6, 6.07) is 11.3. The number of carboxylic acids is 1. The van der Waals surface area contributed by atoms with Crippen molar-refractivity contribution < 1.29 is 34.5 Å². The Morgan fingerprint density at radius 3 is 1.55 bits per heavy atom. The van der Waals surface area contributed by atoms with Crippen molar-refractivity contribution in [3.05, 3.63) is 59.7 Å². The number of phenolic OH excluding ortho intramolecular Hbond substituents is 2. The van der Waals surface area contributed by atoms with Gasteiger partial charge in [-0.25, -0.2) is 0 Å². The maximum absolute atomic E-state index is 13.0. The van der Waals surface area contributed by atoms with Crippen LogP contribution in [0.25, 0.3) is 0 Å². The lowest BCUT2D eigenvalue weighted by molar-refractivity contribution is -0.137. The van der Waals surface area contributed by atoms with E-state index in [9.17, 15) is 29.4 Å². The first-order valence-electron chi connectivity index (χ1n) is 10.8. The van der Waals surface area contributed by atoms with E-state index in [1.165, 1.54) is 48.5 Å². The van der Waals surface area contributed by atoms with Crippen LogP contribution in [-0.4, -0.2) is 44.0 Å². The number of carbonyl (C=O) groups is 4. The molecule has 0 unspecified atom stereocenters. The Bertz CT molecular complexity index is 933. The predicted molar refractivity (Wildman–Crippen MR) is 119 cm³/mol. The second-order valence-corrected chi connectivity index (χ2v) is 7.53. The fraction of sp³-hybridized carbons (Fsp3) is 0.333. The molecule has 0 saturated carbocycles. The number of imide groups is 1. The van der Waals surface area contributed by atoms with Crippen LogP contribution < -0.4 is 5.43 Å². The van der Waals surface area contributed by atoms with Gasteiger partial charge in [0.25, 0.3) is 11.8 Å². The van der Waals surface area contributed by atoms with Crippen LogP contribution in [0.15, 0.2) is 48.5 Å². The van der Waals surface area contributed by atoms with Crippen LogP contribution >= 0.6 is 0 Å². The number of unbranched alkanes of at least 4 members (excludes halogenated alkanes) is 5. The normalized spacial score (nSPS) is 10.4. The molecule has 0 fully saturated rings. The summed E-state index contributed by atoms with van der Waals surface area (Å²) in [6.45, 7) is 0. The fourth-order valence-electron chi connectivity index (χ4n) is 3.19. The molecule has 9 heteroatoms. The summed E-state index contributed by atoms with van der Waals surface area (Å²) >= 11 is 0. The zero-order valence-corrected chi connectivity index (χ0v) is 18.2. The Morgan fingerprint density at radius 1 is 0.667 bits per heavy atom. The van der Waals surface area contributed by atoms with Crippen LogP contribution in [0.2, 0.25) is 0 Å². The number of hydrogen-bond donors (Lipinski definition) is 4. The van der Waals surface area contributed by atoms with Gasteiger partial charge in [-0.2, -0.15) is 5.01 Å². The molecular formula is C24H28N2O7. The van der Waals surface area contributed by atoms with Crippen molar-refractivity contribution >= 4 is 23.7 Å². The molecule has 2 rings (SSSR count). The van der Waals surface area contributed by atoms with E-state index in [4.69, 9.17) is 5.11 Å². The number of benzene rings is 2.